The summed E-state index contributed by atoms with van der Waals surface area (Å²) in [6, 6.07) is 5.35. The number of H-pyrrole nitrogens is 2. The molecule has 23 heavy (non-hydrogen) atoms. The molecule has 0 aliphatic heterocycles. The summed E-state index contributed by atoms with van der Waals surface area (Å²) in [6.45, 7) is 2.26. The number of thiophene rings is 1. The van der Waals surface area contributed by atoms with Crippen LogP contribution >= 0.6 is 11.3 Å². The third-order valence-corrected chi connectivity index (χ3v) is 5.47. The van der Waals surface area contributed by atoms with Crippen LogP contribution in [-0.2, 0) is 12.8 Å². The van der Waals surface area contributed by atoms with E-state index in [1.165, 1.54) is 10.4 Å². The molecule has 2 heterocycles. The fourth-order valence-corrected chi connectivity index (χ4v) is 4.42. The van der Waals surface area contributed by atoms with Gasteiger partial charge in [0.05, 0.1) is 16.6 Å². The van der Waals surface area contributed by atoms with Crippen molar-refractivity contribution < 1.29 is 4.79 Å². The summed E-state index contributed by atoms with van der Waals surface area (Å²) in [5.41, 5.74) is 3.86. The summed E-state index contributed by atoms with van der Waals surface area (Å²) in [5.74, 6) is 0.624. The van der Waals surface area contributed by atoms with Crippen LogP contribution in [0.1, 0.15) is 34.1 Å². The average Bonchev–Trinajstić information content (AvgIpc) is 3.08. The number of imidazole rings is 1. The fraction of sp³-hybridized carbons (Fsp3) is 0.294. The Hall–Kier alpha value is -2.34. The maximum atomic E-state index is 12.6. The first kappa shape index (κ1) is 14.3. The Morgan fingerprint density at radius 3 is 3.00 bits per heavy atom. The maximum Gasteiger partial charge on any atom is 0.323 e. The molecule has 6 heteroatoms. The Balaban J connectivity index is 1.60. The molecule has 1 aliphatic rings. The first-order valence-electron chi connectivity index (χ1n) is 7.73. The number of hydrogen-bond acceptors (Lipinski definition) is 3. The molecule has 0 saturated heterocycles. The largest absolute Gasteiger partial charge is 0.323 e. The second kappa shape index (κ2) is 5.38. The SMILES string of the molecule is C[C@@H]1CCc2c(C(=O)Nc3ccc4[nH]c(=O)[nH]c4c3)csc2C1. The Bertz CT molecular complexity index is 950. The van der Waals surface area contributed by atoms with Crippen molar-refractivity contribution in [2.75, 3.05) is 5.32 Å². The number of aromatic nitrogens is 2. The van der Waals surface area contributed by atoms with Crippen LogP contribution in [0, 0.1) is 5.92 Å². The predicted octanol–water partition coefficient (Wildman–Crippen LogP) is 3.29. The molecule has 3 N–H and O–H groups in total. The van der Waals surface area contributed by atoms with Gasteiger partial charge in [-0.15, -0.1) is 11.3 Å². The smallest absolute Gasteiger partial charge is 0.322 e. The number of rotatable bonds is 2. The highest BCUT2D eigenvalue weighted by atomic mass is 32.1. The van der Waals surface area contributed by atoms with Gasteiger partial charge in [0, 0.05) is 15.9 Å². The summed E-state index contributed by atoms with van der Waals surface area (Å²) < 4.78 is 0. The fourth-order valence-electron chi connectivity index (χ4n) is 3.18. The number of nitrogens with one attached hydrogen (secondary N) is 3. The zero-order chi connectivity index (χ0) is 16.0. The van der Waals surface area contributed by atoms with Crippen molar-refractivity contribution >= 4 is 34.0 Å². The van der Waals surface area contributed by atoms with E-state index in [1.807, 2.05) is 5.38 Å². The second-order valence-corrected chi connectivity index (χ2v) is 7.16. The van der Waals surface area contributed by atoms with Crippen LogP contribution in [0.3, 0.4) is 0 Å². The van der Waals surface area contributed by atoms with Gasteiger partial charge in [0.15, 0.2) is 0 Å². The van der Waals surface area contributed by atoms with Crippen LogP contribution in [0.5, 0.6) is 0 Å². The van der Waals surface area contributed by atoms with Gasteiger partial charge in [-0.1, -0.05) is 6.92 Å². The third-order valence-electron chi connectivity index (χ3n) is 4.42. The lowest BCUT2D eigenvalue weighted by molar-refractivity contribution is 0.102. The third kappa shape index (κ3) is 2.59. The van der Waals surface area contributed by atoms with Crippen molar-refractivity contribution in [1.82, 2.24) is 9.97 Å². The molecule has 0 saturated carbocycles. The lowest BCUT2D eigenvalue weighted by Gasteiger charge is -2.18. The summed E-state index contributed by atoms with van der Waals surface area (Å²) >= 11 is 1.69. The minimum atomic E-state index is -0.246. The highest BCUT2D eigenvalue weighted by molar-refractivity contribution is 7.10. The minimum absolute atomic E-state index is 0.0747. The van der Waals surface area contributed by atoms with Gasteiger partial charge in [0.1, 0.15) is 0 Å². The first-order chi connectivity index (χ1) is 11.1. The van der Waals surface area contributed by atoms with Crippen molar-refractivity contribution in [2.24, 2.45) is 5.92 Å². The number of anilines is 1. The molecule has 5 nitrogen and oxygen atoms in total. The molecule has 118 valence electrons. The number of hydrogen-bond donors (Lipinski definition) is 3. The summed E-state index contributed by atoms with van der Waals surface area (Å²) in [5, 5.41) is 4.91. The lowest BCUT2D eigenvalue weighted by atomic mass is 9.88. The molecule has 1 atom stereocenters. The molecule has 0 spiro atoms. The summed E-state index contributed by atoms with van der Waals surface area (Å²) in [6.07, 6.45) is 3.19. The minimum Gasteiger partial charge on any atom is -0.322 e. The van der Waals surface area contributed by atoms with Gasteiger partial charge < -0.3 is 15.3 Å². The molecule has 1 amide bonds. The zero-order valence-electron chi connectivity index (χ0n) is 12.7. The Morgan fingerprint density at radius 2 is 2.13 bits per heavy atom. The van der Waals surface area contributed by atoms with Crippen molar-refractivity contribution in [3.05, 3.63) is 50.1 Å². The second-order valence-electron chi connectivity index (χ2n) is 6.19. The van der Waals surface area contributed by atoms with E-state index in [1.54, 1.807) is 29.5 Å². The quantitative estimate of drug-likeness (QED) is 0.675. The van der Waals surface area contributed by atoms with Crippen LogP contribution in [-0.4, -0.2) is 15.9 Å². The Morgan fingerprint density at radius 1 is 1.30 bits per heavy atom. The normalized spacial score (nSPS) is 17.2. The van der Waals surface area contributed by atoms with E-state index >= 15 is 0 Å². The topological polar surface area (TPSA) is 77.8 Å². The molecule has 0 unspecified atom stereocenters. The van der Waals surface area contributed by atoms with E-state index < -0.39 is 0 Å². The zero-order valence-corrected chi connectivity index (χ0v) is 13.5. The van der Waals surface area contributed by atoms with E-state index in [-0.39, 0.29) is 11.6 Å². The average molecular weight is 327 g/mol. The molecule has 0 radical (unpaired) electrons. The van der Waals surface area contributed by atoms with Gasteiger partial charge in [0.2, 0.25) is 0 Å². The molecule has 0 bridgehead atoms. The molecular formula is C17H17N3O2S. The molecule has 1 aliphatic carbocycles. The molecule has 1 aromatic carbocycles. The van der Waals surface area contributed by atoms with Crippen molar-refractivity contribution in [1.29, 1.82) is 0 Å². The number of fused-ring (bicyclic) bond motifs is 2. The monoisotopic (exact) mass is 327 g/mol. The predicted molar refractivity (Wildman–Crippen MR) is 92.4 cm³/mol. The van der Waals surface area contributed by atoms with Crippen molar-refractivity contribution in [3.63, 3.8) is 0 Å². The first-order valence-corrected chi connectivity index (χ1v) is 8.61. The van der Waals surface area contributed by atoms with Crippen LogP contribution < -0.4 is 11.0 Å². The van der Waals surface area contributed by atoms with E-state index in [0.29, 0.717) is 17.1 Å². The molecule has 4 rings (SSSR count). The standard InChI is InChI=1S/C17H17N3O2S/c1-9-2-4-11-12(8-23-15(11)6-9)16(21)18-10-3-5-13-14(7-10)20-17(22)19-13/h3,5,7-9H,2,4,6H2,1H3,(H,18,21)(H2,19,20,22)/t9-/m1/s1. The van der Waals surface area contributed by atoms with Gasteiger partial charge in [-0.05, 0) is 48.9 Å². The summed E-state index contributed by atoms with van der Waals surface area (Å²) in [7, 11) is 0. The van der Waals surface area contributed by atoms with Crippen molar-refractivity contribution in [2.45, 2.75) is 26.2 Å². The van der Waals surface area contributed by atoms with Crippen molar-refractivity contribution in [3.8, 4) is 0 Å². The molecule has 2 aromatic heterocycles. The lowest BCUT2D eigenvalue weighted by Crippen LogP contribution is -2.16. The molecular weight excluding hydrogens is 310 g/mol. The van der Waals surface area contributed by atoms with Gasteiger partial charge in [0.25, 0.3) is 5.91 Å². The van der Waals surface area contributed by atoms with Crippen LogP contribution in [0.2, 0.25) is 0 Å². The summed E-state index contributed by atoms with van der Waals surface area (Å²) in [4.78, 5) is 30.6. The number of aromatic amines is 2. The van der Waals surface area contributed by atoms with E-state index in [2.05, 4.69) is 22.2 Å². The number of benzene rings is 1. The van der Waals surface area contributed by atoms with E-state index in [9.17, 15) is 9.59 Å². The Labute approximate surface area is 136 Å². The van der Waals surface area contributed by atoms with Gasteiger partial charge in [-0.25, -0.2) is 4.79 Å². The molecule has 3 aromatic rings. The van der Waals surface area contributed by atoms with E-state index in [4.69, 9.17) is 0 Å². The maximum absolute atomic E-state index is 12.6. The van der Waals surface area contributed by atoms with Crippen LogP contribution in [0.25, 0.3) is 11.0 Å². The highest BCUT2D eigenvalue weighted by Crippen LogP contribution is 2.33. The van der Waals surface area contributed by atoms with Gasteiger partial charge in [-0.3, -0.25) is 4.79 Å². The van der Waals surface area contributed by atoms with E-state index in [0.717, 1.165) is 30.3 Å². The van der Waals surface area contributed by atoms with Crippen LogP contribution in [0.15, 0.2) is 28.4 Å². The highest BCUT2D eigenvalue weighted by Gasteiger charge is 2.23. The number of amides is 1. The molecule has 0 fully saturated rings. The Kier molecular flexibility index (Phi) is 3.34. The number of carbonyl (C=O) groups excluding carboxylic acids is 1. The van der Waals surface area contributed by atoms with Gasteiger partial charge >= 0.3 is 5.69 Å². The number of carbonyl (C=O) groups is 1. The van der Waals surface area contributed by atoms with Gasteiger partial charge in [-0.2, -0.15) is 0 Å². The van der Waals surface area contributed by atoms with Crippen LogP contribution in [0.4, 0.5) is 5.69 Å².